The van der Waals surface area contributed by atoms with Crippen molar-refractivity contribution < 1.29 is 47.8 Å². The van der Waals surface area contributed by atoms with Crippen LogP contribution in [0.2, 0.25) is 5.02 Å². The van der Waals surface area contributed by atoms with Crippen LogP contribution in [0.25, 0.3) is 0 Å². The van der Waals surface area contributed by atoms with Crippen LogP contribution in [0.15, 0.2) is 29.2 Å². The number of hydrogen-bond acceptors (Lipinski definition) is 13. The number of halogens is 1. The molecule has 1 aliphatic heterocycles. The van der Waals surface area contributed by atoms with Gasteiger partial charge in [-0.15, -0.1) is 0 Å². The summed E-state index contributed by atoms with van der Waals surface area (Å²) in [6.45, 7) is -1.11. The van der Waals surface area contributed by atoms with Crippen LogP contribution in [-0.2, 0) is 26.1 Å². The molecule has 1 saturated heterocycles. The Kier molecular flexibility index (Phi) is 8.73. The highest BCUT2D eigenvalue weighted by Crippen LogP contribution is 2.23. The molecule has 0 radical (unpaired) electrons. The Labute approximate surface area is 203 Å². The molecule has 2 amide bonds. The number of methoxy groups -OCH3 is 1. The van der Waals surface area contributed by atoms with Crippen molar-refractivity contribution in [2.75, 3.05) is 19.0 Å². The minimum atomic E-state index is -4.31. The average Bonchev–Trinajstić information content (AvgIpc) is 2.81. The lowest BCUT2D eigenvalue weighted by atomic mass is 9.99. The number of aliphatic hydroxyl groups excluding tert-OH is 4. The second kappa shape index (κ2) is 11.4. The van der Waals surface area contributed by atoms with Gasteiger partial charge in [-0.1, -0.05) is 23.7 Å². The van der Waals surface area contributed by atoms with Gasteiger partial charge in [-0.2, -0.15) is 15.0 Å². The lowest BCUT2D eigenvalue weighted by Gasteiger charge is -2.39. The van der Waals surface area contributed by atoms with Crippen LogP contribution in [0.1, 0.15) is 5.82 Å². The van der Waals surface area contributed by atoms with Crippen molar-refractivity contribution in [1.29, 1.82) is 0 Å². The summed E-state index contributed by atoms with van der Waals surface area (Å²) in [6.07, 6.45) is -7.53. The maximum Gasteiger partial charge on any atom is 0.335 e. The number of nitrogens with one attached hydrogen (secondary N) is 2. The van der Waals surface area contributed by atoms with Gasteiger partial charge in [0.1, 0.15) is 35.9 Å². The SMILES string of the molecule is COc1nc(CO[C@@H]2O[C@H](CO)[C@@H](O)[C@H](O)[C@H]2O)nc(NC(=O)NS(=O)(=O)c2ccccc2Cl)n1. The number of carbonyl (C=O) groups excluding carboxylic acids is 1. The molecule has 2 aromatic rings. The zero-order chi connectivity index (χ0) is 25.8. The Morgan fingerprint density at radius 1 is 1.14 bits per heavy atom. The largest absolute Gasteiger partial charge is 0.467 e. The van der Waals surface area contributed by atoms with Crippen molar-refractivity contribution in [3.8, 4) is 6.01 Å². The van der Waals surface area contributed by atoms with Crippen LogP contribution >= 0.6 is 11.6 Å². The van der Waals surface area contributed by atoms with Gasteiger partial charge >= 0.3 is 12.0 Å². The zero-order valence-corrected chi connectivity index (χ0v) is 19.5. The van der Waals surface area contributed by atoms with Crippen molar-refractivity contribution in [2.24, 2.45) is 0 Å². The first-order chi connectivity index (χ1) is 16.6. The van der Waals surface area contributed by atoms with E-state index in [1.54, 1.807) is 4.72 Å². The minimum Gasteiger partial charge on any atom is -0.467 e. The number of hydrogen-bond donors (Lipinski definition) is 6. The Balaban J connectivity index is 1.69. The number of urea groups is 1. The van der Waals surface area contributed by atoms with E-state index in [2.05, 4.69) is 20.3 Å². The fourth-order valence-corrected chi connectivity index (χ4v) is 4.37. The second-order valence-electron chi connectivity index (χ2n) is 7.06. The van der Waals surface area contributed by atoms with E-state index in [0.717, 1.165) is 0 Å². The van der Waals surface area contributed by atoms with Crippen LogP contribution in [0.5, 0.6) is 6.01 Å². The first-order valence-electron chi connectivity index (χ1n) is 9.85. The molecule has 5 atom stereocenters. The molecule has 1 aromatic carbocycles. The van der Waals surface area contributed by atoms with Crippen LogP contribution in [0.3, 0.4) is 0 Å². The van der Waals surface area contributed by atoms with Gasteiger partial charge in [0.15, 0.2) is 12.1 Å². The Bertz CT molecular complexity index is 1150. The average molecular weight is 536 g/mol. The third kappa shape index (κ3) is 6.50. The quantitative estimate of drug-likeness (QED) is 0.223. The van der Waals surface area contributed by atoms with E-state index in [4.69, 9.17) is 25.8 Å². The number of rotatable bonds is 8. The van der Waals surface area contributed by atoms with Crippen LogP contribution in [-0.4, -0.2) is 94.2 Å². The number of sulfonamides is 1. The van der Waals surface area contributed by atoms with Crippen molar-refractivity contribution in [2.45, 2.75) is 42.2 Å². The summed E-state index contributed by atoms with van der Waals surface area (Å²) in [5.74, 6) is -0.547. The topological polar surface area (TPSA) is 223 Å². The predicted octanol–water partition coefficient (Wildman–Crippen LogP) is -1.64. The highest BCUT2D eigenvalue weighted by Gasteiger charge is 2.44. The number of nitrogens with zero attached hydrogens (tertiary/aromatic N) is 3. The summed E-state index contributed by atoms with van der Waals surface area (Å²) in [5, 5.41) is 41.0. The third-order valence-electron chi connectivity index (χ3n) is 4.65. The van der Waals surface area contributed by atoms with Crippen LogP contribution in [0, 0.1) is 0 Å². The molecular formula is C18H22ClN5O10S. The molecular weight excluding hydrogens is 514 g/mol. The number of benzene rings is 1. The van der Waals surface area contributed by atoms with Gasteiger partial charge in [-0.3, -0.25) is 5.32 Å². The highest BCUT2D eigenvalue weighted by atomic mass is 35.5. The molecule has 15 nitrogen and oxygen atoms in total. The minimum absolute atomic E-state index is 0.0951. The summed E-state index contributed by atoms with van der Waals surface area (Å²) in [6, 6.07) is 4.02. The van der Waals surface area contributed by atoms with E-state index in [-0.39, 0.29) is 21.8 Å². The van der Waals surface area contributed by atoms with Gasteiger partial charge in [0, 0.05) is 0 Å². The molecule has 0 aliphatic carbocycles. The van der Waals surface area contributed by atoms with Gasteiger partial charge in [0.2, 0.25) is 5.95 Å². The monoisotopic (exact) mass is 535 g/mol. The smallest absolute Gasteiger partial charge is 0.335 e. The van der Waals surface area contributed by atoms with E-state index in [0.29, 0.717) is 0 Å². The van der Waals surface area contributed by atoms with Crippen molar-refractivity contribution in [1.82, 2.24) is 19.7 Å². The molecule has 0 saturated carbocycles. The molecule has 6 N–H and O–H groups in total. The molecule has 1 fully saturated rings. The number of ether oxygens (including phenoxy) is 3. The summed E-state index contributed by atoms with van der Waals surface area (Å²) >= 11 is 5.87. The number of anilines is 1. The predicted molar refractivity (Wildman–Crippen MR) is 116 cm³/mol. The second-order valence-corrected chi connectivity index (χ2v) is 9.12. The molecule has 3 rings (SSSR count). The van der Waals surface area contributed by atoms with E-state index < -0.39 is 65.9 Å². The van der Waals surface area contributed by atoms with Gasteiger partial charge < -0.3 is 34.6 Å². The van der Waals surface area contributed by atoms with Gasteiger partial charge in [0.25, 0.3) is 10.0 Å². The molecule has 2 heterocycles. The summed E-state index contributed by atoms with van der Waals surface area (Å²) in [5.41, 5.74) is 0. The summed E-state index contributed by atoms with van der Waals surface area (Å²) in [4.78, 5) is 23.5. The van der Waals surface area contributed by atoms with Gasteiger partial charge in [0.05, 0.1) is 18.7 Å². The highest BCUT2D eigenvalue weighted by molar-refractivity contribution is 7.90. The molecule has 35 heavy (non-hydrogen) atoms. The van der Waals surface area contributed by atoms with E-state index in [1.165, 1.54) is 31.4 Å². The van der Waals surface area contributed by atoms with Gasteiger partial charge in [-0.25, -0.2) is 17.9 Å². The first-order valence-corrected chi connectivity index (χ1v) is 11.7. The number of aromatic nitrogens is 3. The molecule has 0 unspecified atom stereocenters. The maximum atomic E-state index is 12.4. The van der Waals surface area contributed by atoms with E-state index in [1.807, 2.05) is 0 Å². The Hall–Kier alpha value is -2.70. The maximum absolute atomic E-state index is 12.4. The Morgan fingerprint density at radius 3 is 2.51 bits per heavy atom. The van der Waals surface area contributed by atoms with Crippen molar-refractivity contribution in [3.05, 3.63) is 35.1 Å². The normalized spacial score (nSPS) is 24.6. The number of aliphatic hydroxyl groups is 4. The van der Waals surface area contributed by atoms with Gasteiger partial charge in [-0.05, 0) is 12.1 Å². The third-order valence-corrected chi connectivity index (χ3v) is 6.48. The lowest BCUT2D eigenvalue weighted by Crippen LogP contribution is -2.59. The van der Waals surface area contributed by atoms with Crippen molar-refractivity contribution in [3.63, 3.8) is 0 Å². The fourth-order valence-electron chi connectivity index (χ4n) is 2.94. The van der Waals surface area contributed by atoms with Crippen LogP contribution in [0.4, 0.5) is 10.7 Å². The number of amides is 2. The lowest BCUT2D eigenvalue weighted by molar-refractivity contribution is -0.304. The molecule has 0 bridgehead atoms. The standard InChI is InChI=1S/C18H22ClN5O10S/c1-32-18-21-11(7-33-15-14(28)13(27)12(26)9(6-25)34-15)20-16(23-18)22-17(29)24-35(30,31)10-5-3-2-4-8(10)19/h2-5,9,12-15,25-28H,6-7H2,1H3,(H2,20,21,22,23,24,29)/t9-,12-,13+,14-,15-/m1/s1. The summed E-state index contributed by atoms with van der Waals surface area (Å²) in [7, 11) is -3.09. The first kappa shape index (κ1) is 26.9. The van der Waals surface area contributed by atoms with Crippen LogP contribution < -0.4 is 14.8 Å². The molecule has 17 heteroatoms. The number of carbonyl (C=O) groups is 1. The molecule has 1 aromatic heterocycles. The molecule has 192 valence electrons. The van der Waals surface area contributed by atoms with E-state index >= 15 is 0 Å². The van der Waals surface area contributed by atoms with Crippen molar-refractivity contribution >= 4 is 33.6 Å². The molecule has 1 aliphatic rings. The fraction of sp³-hybridized carbons (Fsp3) is 0.444. The summed E-state index contributed by atoms with van der Waals surface area (Å²) < 4.78 is 42.1. The van der Waals surface area contributed by atoms with E-state index in [9.17, 15) is 33.6 Å². The zero-order valence-electron chi connectivity index (χ0n) is 18.0. The molecule has 0 spiro atoms. The Morgan fingerprint density at radius 2 is 1.86 bits per heavy atom.